The van der Waals surface area contributed by atoms with Crippen molar-refractivity contribution >= 4 is 40.6 Å². The van der Waals surface area contributed by atoms with Crippen LogP contribution in [0.1, 0.15) is 5.56 Å². The standard InChI is InChI=1S/C19H13F3N2O4S/c20-19(21,22)28-14-8-4-7-13(10-14)23-16(25)11-24-17(26)15(29-18(24)27)9-12-5-2-1-3-6-12/h1-10H,11H2,(H,23,25)/b15-9+. The van der Waals surface area contributed by atoms with Gasteiger partial charge < -0.3 is 10.1 Å². The molecule has 0 radical (unpaired) electrons. The van der Waals surface area contributed by atoms with E-state index in [0.717, 1.165) is 22.6 Å². The summed E-state index contributed by atoms with van der Waals surface area (Å²) < 4.78 is 40.6. The predicted octanol–water partition coefficient (Wildman–Crippen LogP) is 4.26. The Morgan fingerprint density at radius 2 is 1.83 bits per heavy atom. The van der Waals surface area contributed by atoms with E-state index in [4.69, 9.17) is 0 Å². The first-order chi connectivity index (χ1) is 13.7. The third-order valence-corrected chi connectivity index (χ3v) is 4.53. The van der Waals surface area contributed by atoms with Gasteiger partial charge in [-0.2, -0.15) is 0 Å². The number of nitrogens with one attached hydrogen (secondary N) is 1. The zero-order valence-electron chi connectivity index (χ0n) is 14.6. The first-order valence-corrected chi connectivity index (χ1v) is 8.99. The van der Waals surface area contributed by atoms with Crippen LogP contribution in [-0.2, 0) is 9.59 Å². The Labute approximate surface area is 167 Å². The molecule has 1 saturated heterocycles. The van der Waals surface area contributed by atoms with E-state index < -0.39 is 35.7 Å². The summed E-state index contributed by atoms with van der Waals surface area (Å²) in [7, 11) is 0. The number of nitrogens with zero attached hydrogens (tertiary/aromatic N) is 1. The summed E-state index contributed by atoms with van der Waals surface area (Å²) in [5.41, 5.74) is 0.757. The number of alkyl halides is 3. The minimum Gasteiger partial charge on any atom is -0.406 e. The van der Waals surface area contributed by atoms with Crippen molar-refractivity contribution in [3.63, 3.8) is 0 Å². The quantitative estimate of drug-likeness (QED) is 0.729. The molecular formula is C19H13F3N2O4S. The molecule has 29 heavy (non-hydrogen) atoms. The van der Waals surface area contributed by atoms with Crippen molar-refractivity contribution < 1.29 is 32.3 Å². The molecule has 0 atom stereocenters. The van der Waals surface area contributed by atoms with Crippen LogP contribution < -0.4 is 10.1 Å². The summed E-state index contributed by atoms with van der Waals surface area (Å²) in [6, 6.07) is 13.6. The zero-order chi connectivity index (χ0) is 21.0. The number of benzene rings is 2. The third kappa shape index (κ3) is 5.61. The topological polar surface area (TPSA) is 75.7 Å². The highest BCUT2D eigenvalue weighted by Gasteiger charge is 2.36. The summed E-state index contributed by atoms with van der Waals surface area (Å²) in [6.45, 7) is -0.568. The average molecular weight is 422 g/mol. The number of rotatable bonds is 5. The lowest BCUT2D eigenvalue weighted by Gasteiger charge is -2.13. The Kier molecular flexibility index (Phi) is 5.92. The molecule has 1 aliphatic heterocycles. The van der Waals surface area contributed by atoms with Crippen molar-refractivity contribution in [2.75, 3.05) is 11.9 Å². The van der Waals surface area contributed by atoms with Crippen molar-refractivity contribution in [1.82, 2.24) is 4.90 Å². The second-order valence-electron chi connectivity index (χ2n) is 5.80. The van der Waals surface area contributed by atoms with Gasteiger partial charge in [0.2, 0.25) is 5.91 Å². The van der Waals surface area contributed by atoms with Crippen molar-refractivity contribution in [2.24, 2.45) is 0 Å². The van der Waals surface area contributed by atoms with Gasteiger partial charge in [0.05, 0.1) is 4.91 Å². The van der Waals surface area contributed by atoms with E-state index >= 15 is 0 Å². The molecule has 0 spiro atoms. The van der Waals surface area contributed by atoms with E-state index in [0.29, 0.717) is 11.8 Å². The highest BCUT2D eigenvalue weighted by molar-refractivity contribution is 8.18. The summed E-state index contributed by atoms with van der Waals surface area (Å²) in [4.78, 5) is 37.6. The molecule has 1 N–H and O–H groups in total. The first-order valence-electron chi connectivity index (χ1n) is 8.17. The second kappa shape index (κ2) is 8.39. The molecule has 0 unspecified atom stereocenters. The van der Waals surface area contributed by atoms with E-state index in [-0.39, 0.29) is 10.6 Å². The van der Waals surface area contributed by atoms with E-state index in [9.17, 15) is 27.6 Å². The Balaban J connectivity index is 1.65. The summed E-state index contributed by atoms with van der Waals surface area (Å²) >= 11 is 0.707. The largest absolute Gasteiger partial charge is 0.573 e. The molecule has 150 valence electrons. The molecule has 1 fully saturated rings. The lowest BCUT2D eigenvalue weighted by atomic mass is 10.2. The number of anilines is 1. The van der Waals surface area contributed by atoms with Crippen LogP contribution in [0.2, 0.25) is 0 Å². The van der Waals surface area contributed by atoms with Crippen molar-refractivity contribution in [1.29, 1.82) is 0 Å². The van der Waals surface area contributed by atoms with Gasteiger partial charge in [-0.05, 0) is 35.5 Å². The van der Waals surface area contributed by atoms with Gasteiger partial charge in [-0.3, -0.25) is 19.3 Å². The van der Waals surface area contributed by atoms with E-state index in [1.165, 1.54) is 12.1 Å². The second-order valence-corrected chi connectivity index (χ2v) is 6.80. The summed E-state index contributed by atoms with van der Waals surface area (Å²) in [5.74, 6) is -1.86. The van der Waals surface area contributed by atoms with Crippen molar-refractivity contribution in [3.8, 4) is 5.75 Å². The SMILES string of the molecule is O=C(CN1C(=O)S/C(=C/c2ccccc2)C1=O)Nc1cccc(OC(F)(F)F)c1. The fourth-order valence-electron chi connectivity index (χ4n) is 2.45. The number of imide groups is 1. The summed E-state index contributed by atoms with van der Waals surface area (Å²) in [5, 5.41) is 1.73. The van der Waals surface area contributed by atoms with Crippen molar-refractivity contribution in [2.45, 2.75) is 6.36 Å². The van der Waals surface area contributed by atoms with Gasteiger partial charge in [-0.1, -0.05) is 36.4 Å². The van der Waals surface area contributed by atoms with Gasteiger partial charge in [-0.15, -0.1) is 13.2 Å². The fourth-order valence-corrected chi connectivity index (χ4v) is 3.29. The number of thioether (sulfide) groups is 1. The van der Waals surface area contributed by atoms with Crippen LogP contribution in [0.5, 0.6) is 5.75 Å². The predicted molar refractivity (Wildman–Crippen MR) is 101 cm³/mol. The van der Waals surface area contributed by atoms with Crippen LogP contribution in [-0.4, -0.2) is 34.9 Å². The number of ether oxygens (including phenoxy) is 1. The van der Waals surface area contributed by atoms with Gasteiger partial charge in [0.1, 0.15) is 12.3 Å². The molecule has 2 aromatic carbocycles. The maximum absolute atomic E-state index is 12.4. The molecule has 6 nitrogen and oxygen atoms in total. The van der Waals surface area contributed by atoms with Gasteiger partial charge in [0.15, 0.2) is 0 Å². The molecule has 0 bridgehead atoms. The van der Waals surface area contributed by atoms with E-state index in [2.05, 4.69) is 10.1 Å². The Morgan fingerprint density at radius 3 is 2.52 bits per heavy atom. The molecule has 1 heterocycles. The molecular weight excluding hydrogens is 409 g/mol. The third-order valence-electron chi connectivity index (χ3n) is 3.62. The van der Waals surface area contributed by atoms with Crippen LogP contribution in [0.25, 0.3) is 6.08 Å². The maximum Gasteiger partial charge on any atom is 0.573 e. The molecule has 3 rings (SSSR count). The monoisotopic (exact) mass is 422 g/mol. The van der Waals surface area contributed by atoms with E-state index in [1.54, 1.807) is 30.3 Å². The average Bonchev–Trinajstić information content (AvgIpc) is 2.89. The smallest absolute Gasteiger partial charge is 0.406 e. The van der Waals surface area contributed by atoms with E-state index in [1.807, 2.05) is 6.07 Å². The van der Waals surface area contributed by atoms with Crippen LogP contribution >= 0.6 is 11.8 Å². The molecule has 10 heteroatoms. The molecule has 1 aliphatic rings. The number of carbonyl (C=O) groups excluding carboxylic acids is 3. The minimum atomic E-state index is -4.87. The first kappa shape index (κ1) is 20.5. The van der Waals surface area contributed by atoms with Crippen LogP contribution in [0.4, 0.5) is 23.7 Å². The van der Waals surface area contributed by atoms with Crippen LogP contribution in [0.3, 0.4) is 0 Å². The Hall–Kier alpha value is -3.27. The fraction of sp³-hybridized carbons (Fsp3) is 0.105. The highest BCUT2D eigenvalue weighted by atomic mass is 32.2. The number of amides is 3. The Bertz CT molecular complexity index is 977. The summed E-state index contributed by atoms with van der Waals surface area (Å²) in [6.07, 6.45) is -3.32. The number of halogens is 3. The molecule has 3 amide bonds. The molecule has 0 saturated carbocycles. The normalized spacial score (nSPS) is 15.7. The van der Waals surface area contributed by atoms with Crippen LogP contribution in [0.15, 0.2) is 59.5 Å². The molecule has 0 aliphatic carbocycles. The zero-order valence-corrected chi connectivity index (χ0v) is 15.4. The maximum atomic E-state index is 12.4. The minimum absolute atomic E-state index is 0.0311. The lowest BCUT2D eigenvalue weighted by molar-refractivity contribution is -0.274. The van der Waals surface area contributed by atoms with Crippen molar-refractivity contribution in [3.05, 3.63) is 65.1 Å². The highest BCUT2D eigenvalue weighted by Crippen LogP contribution is 2.32. The molecule has 2 aromatic rings. The molecule has 0 aromatic heterocycles. The van der Waals surface area contributed by atoms with Gasteiger partial charge >= 0.3 is 6.36 Å². The lowest BCUT2D eigenvalue weighted by Crippen LogP contribution is -2.36. The van der Waals surface area contributed by atoms with Gasteiger partial charge in [0.25, 0.3) is 11.1 Å². The number of hydrogen-bond acceptors (Lipinski definition) is 5. The Morgan fingerprint density at radius 1 is 1.10 bits per heavy atom. The number of carbonyl (C=O) groups is 3. The van der Waals surface area contributed by atoms with Crippen LogP contribution in [0, 0.1) is 0 Å². The van der Waals surface area contributed by atoms with Gasteiger partial charge in [-0.25, -0.2) is 0 Å². The number of hydrogen-bond donors (Lipinski definition) is 1. The van der Waals surface area contributed by atoms with Gasteiger partial charge in [0, 0.05) is 11.8 Å².